The van der Waals surface area contributed by atoms with Crippen LogP contribution >= 0.6 is 0 Å². The van der Waals surface area contributed by atoms with Gasteiger partial charge in [0.25, 0.3) is 5.91 Å². The molecule has 1 aliphatic heterocycles. The number of benzene rings is 3. The topological polar surface area (TPSA) is 35.6 Å². The summed E-state index contributed by atoms with van der Waals surface area (Å²) in [6.45, 7) is 10.2. The smallest absolute Gasteiger partial charge is 0.251 e. The Bertz CT molecular complexity index is 1030. The number of carbonyl (C=O) groups is 1. The predicted octanol–water partition coefficient (Wildman–Crippen LogP) is 4.10. The van der Waals surface area contributed by atoms with E-state index < -0.39 is 0 Å². The third-order valence-corrected chi connectivity index (χ3v) is 5.97. The first-order chi connectivity index (χ1) is 14.5. The Morgan fingerprint density at radius 3 is 2.23 bits per heavy atom. The molecule has 0 radical (unpaired) electrons. The Morgan fingerprint density at radius 2 is 1.50 bits per heavy atom. The van der Waals surface area contributed by atoms with Crippen molar-refractivity contribution in [3.8, 4) is 11.1 Å². The molecule has 0 spiro atoms. The highest BCUT2D eigenvalue weighted by Gasteiger charge is 2.14. The highest BCUT2D eigenvalue weighted by molar-refractivity contribution is 5.99. The van der Waals surface area contributed by atoms with E-state index in [0.717, 1.165) is 49.1 Å². The van der Waals surface area contributed by atoms with Gasteiger partial charge < -0.3 is 10.2 Å². The van der Waals surface area contributed by atoms with E-state index in [9.17, 15) is 4.79 Å². The molecular weight excluding hydrogens is 370 g/mol. The van der Waals surface area contributed by atoms with Crippen molar-refractivity contribution in [2.45, 2.75) is 13.8 Å². The number of nitrogens with zero attached hydrogens (tertiary/aromatic N) is 2. The van der Waals surface area contributed by atoms with Crippen LogP contribution in [0.15, 0.2) is 54.6 Å². The van der Waals surface area contributed by atoms with Crippen molar-refractivity contribution in [3.63, 3.8) is 0 Å². The minimum atomic E-state index is 0.00409. The highest BCUT2D eigenvalue weighted by atomic mass is 16.1. The maximum atomic E-state index is 12.6. The first-order valence-electron chi connectivity index (χ1n) is 10.8. The molecule has 0 atom stereocenters. The summed E-state index contributed by atoms with van der Waals surface area (Å²) in [6.07, 6.45) is 0. The Labute approximate surface area is 179 Å². The summed E-state index contributed by atoms with van der Waals surface area (Å²) in [5.41, 5.74) is 5.71. The predicted molar refractivity (Wildman–Crippen MR) is 125 cm³/mol. The lowest BCUT2D eigenvalue weighted by Crippen LogP contribution is -2.46. The second kappa shape index (κ2) is 8.99. The lowest BCUT2D eigenvalue weighted by Gasteiger charge is -2.32. The van der Waals surface area contributed by atoms with Gasteiger partial charge in [-0.15, -0.1) is 0 Å². The number of nitrogens with one attached hydrogen (secondary N) is 1. The Hall–Kier alpha value is -2.69. The van der Waals surface area contributed by atoms with E-state index in [-0.39, 0.29) is 5.91 Å². The lowest BCUT2D eigenvalue weighted by molar-refractivity contribution is 0.0941. The van der Waals surface area contributed by atoms with E-state index in [2.05, 4.69) is 78.5 Å². The lowest BCUT2D eigenvalue weighted by atomic mass is 9.97. The van der Waals surface area contributed by atoms with Gasteiger partial charge in [0.15, 0.2) is 0 Å². The molecule has 1 heterocycles. The van der Waals surface area contributed by atoms with Crippen molar-refractivity contribution in [3.05, 3.63) is 71.3 Å². The number of likely N-dealkylation sites (N-methyl/N-ethyl adjacent to an activating group) is 1. The number of hydrogen-bond acceptors (Lipinski definition) is 3. The molecule has 0 bridgehead atoms. The number of amides is 1. The number of carbonyl (C=O) groups excluding carboxylic acids is 1. The highest BCUT2D eigenvalue weighted by Crippen LogP contribution is 2.27. The molecule has 4 nitrogen and oxygen atoms in total. The molecule has 1 fully saturated rings. The van der Waals surface area contributed by atoms with E-state index in [0.29, 0.717) is 6.54 Å². The molecule has 1 saturated heterocycles. The van der Waals surface area contributed by atoms with Crippen LogP contribution in [-0.2, 0) is 0 Å². The van der Waals surface area contributed by atoms with Crippen LogP contribution in [0, 0.1) is 13.8 Å². The van der Waals surface area contributed by atoms with Gasteiger partial charge in [0.1, 0.15) is 0 Å². The fourth-order valence-electron chi connectivity index (χ4n) is 4.21. The Morgan fingerprint density at radius 1 is 0.833 bits per heavy atom. The molecule has 1 N–H and O–H groups in total. The van der Waals surface area contributed by atoms with Gasteiger partial charge in [0, 0.05) is 44.8 Å². The number of hydrogen-bond donors (Lipinski definition) is 1. The second-order valence-electron chi connectivity index (χ2n) is 8.55. The average Bonchev–Trinajstić information content (AvgIpc) is 2.73. The van der Waals surface area contributed by atoms with Crippen LogP contribution in [0.4, 0.5) is 0 Å². The largest absolute Gasteiger partial charge is 0.351 e. The van der Waals surface area contributed by atoms with Gasteiger partial charge in [0.05, 0.1) is 0 Å². The van der Waals surface area contributed by atoms with Crippen molar-refractivity contribution in [1.29, 1.82) is 0 Å². The molecule has 0 aromatic heterocycles. The molecule has 4 rings (SSSR count). The number of fused-ring (bicyclic) bond motifs is 1. The van der Waals surface area contributed by atoms with Gasteiger partial charge in [-0.2, -0.15) is 0 Å². The van der Waals surface area contributed by atoms with Gasteiger partial charge in [-0.05, 0) is 61.0 Å². The van der Waals surface area contributed by atoms with Crippen LogP contribution in [0.1, 0.15) is 21.5 Å². The Kier molecular flexibility index (Phi) is 6.16. The summed E-state index contributed by atoms with van der Waals surface area (Å²) >= 11 is 0. The monoisotopic (exact) mass is 401 g/mol. The normalized spacial score (nSPS) is 15.4. The molecular formula is C26H31N3O. The van der Waals surface area contributed by atoms with E-state index in [1.165, 1.54) is 22.3 Å². The van der Waals surface area contributed by atoms with E-state index in [1.807, 2.05) is 12.1 Å². The van der Waals surface area contributed by atoms with Gasteiger partial charge in [-0.1, -0.05) is 47.5 Å². The minimum Gasteiger partial charge on any atom is -0.351 e. The fraction of sp³-hybridized carbons (Fsp3) is 0.346. The van der Waals surface area contributed by atoms with Crippen molar-refractivity contribution in [1.82, 2.24) is 15.1 Å². The number of rotatable bonds is 5. The molecule has 0 unspecified atom stereocenters. The molecule has 4 heteroatoms. The summed E-state index contributed by atoms with van der Waals surface area (Å²) < 4.78 is 0. The quantitative estimate of drug-likeness (QED) is 0.699. The molecule has 0 aliphatic carbocycles. The Balaban J connectivity index is 1.42. The molecule has 3 aromatic carbocycles. The second-order valence-corrected chi connectivity index (χ2v) is 8.55. The summed E-state index contributed by atoms with van der Waals surface area (Å²) in [7, 11) is 2.16. The third kappa shape index (κ3) is 4.89. The molecule has 1 amide bonds. The van der Waals surface area contributed by atoms with Crippen molar-refractivity contribution < 1.29 is 4.79 Å². The molecule has 0 saturated carbocycles. The zero-order valence-electron chi connectivity index (χ0n) is 18.2. The fourth-order valence-corrected chi connectivity index (χ4v) is 4.21. The van der Waals surface area contributed by atoms with Crippen LogP contribution in [0.2, 0.25) is 0 Å². The van der Waals surface area contributed by atoms with Crippen LogP contribution in [0.25, 0.3) is 21.9 Å². The third-order valence-electron chi connectivity index (χ3n) is 5.97. The number of piperazine rings is 1. The van der Waals surface area contributed by atoms with E-state index in [1.54, 1.807) is 0 Å². The van der Waals surface area contributed by atoms with Crippen LogP contribution in [0.5, 0.6) is 0 Å². The van der Waals surface area contributed by atoms with Crippen LogP contribution in [0.3, 0.4) is 0 Å². The zero-order chi connectivity index (χ0) is 21.1. The van der Waals surface area contributed by atoms with Crippen LogP contribution < -0.4 is 5.32 Å². The molecule has 1 aliphatic rings. The molecule has 30 heavy (non-hydrogen) atoms. The van der Waals surface area contributed by atoms with Crippen molar-refractivity contribution in [2.75, 3.05) is 46.3 Å². The SMILES string of the molecule is Cc1cc(C)cc(-c2ccc3cc(C(=O)NCCN4CCN(C)CC4)ccc3c2)c1. The molecule has 156 valence electrons. The maximum absolute atomic E-state index is 12.6. The van der Waals surface area contributed by atoms with Gasteiger partial charge in [-0.25, -0.2) is 0 Å². The summed E-state index contributed by atoms with van der Waals surface area (Å²) in [6, 6.07) is 19.1. The average molecular weight is 402 g/mol. The summed E-state index contributed by atoms with van der Waals surface area (Å²) in [5.74, 6) is 0.00409. The first-order valence-corrected chi connectivity index (χ1v) is 10.8. The minimum absolute atomic E-state index is 0.00409. The standard InChI is InChI=1S/C26H31N3O/c1-19-14-20(2)16-25(15-19)23-5-4-22-18-24(7-6-21(22)17-23)26(30)27-8-9-29-12-10-28(3)11-13-29/h4-7,14-18H,8-13H2,1-3H3,(H,27,30). The zero-order valence-corrected chi connectivity index (χ0v) is 18.2. The van der Waals surface area contributed by atoms with Gasteiger partial charge in [-0.3, -0.25) is 9.69 Å². The molecule has 3 aromatic rings. The first kappa shape index (κ1) is 20.6. The van der Waals surface area contributed by atoms with Gasteiger partial charge in [0.2, 0.25) is 0 Å². The van der Waals surface area contributed by atoms with Gasteiger partial charge >= 0.3 is 0 Å². The van der Waals surface area contributed by atoms with Crippen LogP contribution in [-0.4, -0.2) is 62.0 Å². The van der Waals surface area contributed by atoms with E-state index in [4.69, 9.17) is 0 Å². The maximum Gasteiger partial charge on any atom is 0.251 e. The van der Waals surface area contributed by atoms with Crippen molar-refractivity contribution >= 4 is 16.7 Å². The van der Waals surface area contributed by atoms with Crippen molar-refractivity contribution in [2.24, 2.45) is 0 Å². The summed E-state index contributed by atoms with van der Waals surface area (Å²) in [4.78, 5) is 17.4. The number of aryl methyl sites for hydroxylation is 2. The van der Waals surface area contributed by atoms with E-state index >= 15 is 0 Å². The summed E-state index contributed by atoms with van der Waals surface area (Å²) in [5, 5.41) is 5.32.